The van der Waals surface area contributed by atoms with E-state index in [0.29, 0.717) is 0 Å². The third-order valence-electron chi connectivity index (χ3n) is 3.11. The smallest absolute Gasteiger partial charge is 0.145 e. The van der Waals surface area contributed by atoms with Gasteiger partial charge in [0.2, 0.25) is 0 Å². The van der Waals surface area contributed by atoms with Crippen molar-refractivity contribution in [2.24, 2.45) is 0 Å². The Labute approximate surface area is 115 Å². The lowest BCUT2D eigenvalue weighted by atomic mass is 10.1. The number of benzene rings is 1. The second kappa shape index (κ2) is 6.41. The molecule has 19 heavy (non-hydrogen) atoms. The third-order valence-corrected chi connectivity index (χ3v) is 3.11. The molecule has 0 bridgehead atoms. The maximum Gasteiger partial charge on any atom is 0.145 e. The van der Waals surface area contributed by atoms with Crippen LogP contribution < -0.4 is 10.1 Å². The van der Waals surface area contributed by atoms with Crippen molar-refractivity contribution >= 4 is 16.7 Å². The molecule has 2 aromatic rings. The van der Waals surface area contributed by atoms with Gasteiger partial charge in [0.05, 0.1) is 6.61 Å². The minimum atomic E-state index is 0.729. The van der Waals surface area contributed by atoms with Crippen LogP contribution in [0.25, 0.3) is 10.9 Å². The van der Waals surface area contributed by atoms with Crippen LogP contribution in [0.2, 0.25) is 0 Å². The molecule has 0 aliphatic rings. The Morgan fingerprint density at radius 1 is 1.21 bits per heavy atom. The Morgan fingerprint density at radius 3 is 2.74 bits per heavy atom. The monoisotopic (exact) mass is 258 g/mol. The van der Waals surface area contributed by atoms with Crippen molar-refractivity contribution in [3.8, 4) is 5.75 Å². The molecular weight excluding hydrogens is 236 g/mol. The predicted octanol–water partition coefficient (Wildman–Crippen LogP) is 4.02. The molecule has 2 rings (SSSR count). The summed E-state index contributed by atoms with van der Waals surface area (Å²) in [6.07, 6.45) is 3.16. The number of rotatable bonds is 6. The van der Waals surface area contributed by atoms with Crippen LogP contribution in [-0.2, 0) is 6.42 Å². The molecule has 102 valence electrons. The van der Waals surface area contributed by atoms with E-state index in [-0.39, 0.29) is 0 Å². The van der Waals surface area contributed by atoms with E-state index < -0.39 is 0 Å². The summed E-state index contributed by atoms with van der Waals surface area (Å²) in [6, 6.07) is 8.34. The number of aryl methyl sites for hydroxylation is 1. The zero-order valence-electron chi connectivity index (χ0n) is 12.0. The number of nitrogens with zero attached hydrogens (tertiary/aromatic N) is 1. The third kappa shape index (κ3) is 2.98. The molecule has 0 atom stereocenters. The maximum absolute atomic E-state index is 5.78. The van der Waals surface area contributed by atoms with E-state index >= 15 is 0 Å². The summed E-state index contributed by atoms with van der Waals surface area (Å²) in [5.74, 6) is 1.83. The van der Waals surface area contributed by atoms with Gasteiger partial charge in [-0.3, -0.25) is 0 Å². The van der Waals surface area contributed by atoms with E-state index in [9.17, 15) is 0 Å². The SMILES string of the molecule is CCCOc1cccc2cc(CCC)c(NC)nc12. The average molecular weight is 258 g/mol. The van der Waals surface area contributed by atoms with Crippen molar-refractivity contribution in [2.75, 3.05) is 19.0 Å². The Hall–Kier alpha value is -1.77. The van der Waals surface area contributed by atoms with Crippen LogP contribution in [0.4, 0.5) is 5.82 Å². The van der Waals surface area contributed by atoms with Gasteiger partial charge in [-0.1, -0.05) is 32.4 Å². The number of nitrogens with one attached hydrogen (secondary N) is 1. The van der Waals surface area contributed by atoms with Crippen LogP contribution in [0.1, 0.15) is 32.3 Å². The molecule has 0 saturated carbocycles. The molecule has 0 aliphatic carbocycles. The summed E-state index contributed by atoms with van der Waals surface area (Å²) >= 11 is 0. The molecule has 0 spiro atoms. The molecule has 1 aromatic carbocycles. The molecule has 3 nitrogen and oxygen atoms in total. The normalized spacial score (nSPS) is 10.7. The van der Waals surface area contributed by atoms with Gasteiger partial charge in [0.25, 0.3) is 0 Å². The van der Waals surface area contributed by atoms with Gasteiger partial charge in [0.15, 0.2) is 0 Å². The molecule has 1 aromatic heterocycles. The summed E-state index contributed by atoms with van der Waals surface area (Å²) in [5.41, 5.74) is 2.21. The second-order valence-electron chi connectivity index (χ2n) is 4.67. The molecule has 1 N–H and O–H groups in total. The Bertz CT molecular complexity index is 552. The highest BCUT2D eigenvalue weighted by molar-refractivity contribution is 5.87. The standard InChI is InChI=1S/C16H22N2O/c1-4-7-13-11-12-8-6-9-14(19-10-5-2)15(12)18-16(13)17-3/h6,8-9,11H,4-5,7,10H2,1-3H3,(H,17,18). The molecule has 0 unspecified atom stereocenters. The van der Waals surface area contributed by atoms with Gasteiger partial charge in [0.1, 0.15) is 17.1 Å². The van der Waals surface area contributed by atoms with Crippen LogP contribution in [0, 0.1) is 0 Å². The van der Waals surface area contributed by atoms with E-state index in [2.05, 4.69) is 31.3 Å². The lowest BCUT2D eigenvalue weighted by Gasteiger charge is -2.12. The first kappa shape index (κ1) is 13.7. The van der Waals surface area contributed by atoms with E-state index in [4.69, 9.17) is 9.72 Å². The average Bonchev–Trinajstić information content (AvgIpc) is 2.44. The van der Waals surface area contributed by atoms with Gasteiger partial charge in [-0.15, -0.1) is 0 Å². The lowest BCUT2D eigenvalue weighted by Crippen LogP contribution is -2.01. The van der Waals surface area contributed by atoms with E-state index in [0.717, 1.165) is 48.3 Å². The molecular formula is C16H22N2O. The van der Waals surface area contributed by atoms with Crippen molar-refractivity contribution < 1.29 is 4.74 Å². The Balaban J connectivity index is 2.50. The molecule has 0 aliphatic heterocycles. The fraction of sp³-hybridized carbons (Fsp3) is 0.438. The highest BCUT2D eigenvalue weighted by Gasteiger charge is 2.09. The van der Waals surface area contributed by atoms with Crippen LogP contribution in [0.15, 0.2) is 24.3 Å². The van der Waals surface area contributed by atoms with Gasteiger partial charge < -0.3 is 10.1 Å². The van der Waals surface area contributed by atoms with Crippen LogP contribution in [0.5, 0.6) is 5.75 Å². The Morgan fingerprint density at radius 2 is 2.05 bits per heavy atom. The molecule has 0 radical (unpaired) electrons. The first-order chi connectivity index (χ1) is 9.30. The fourth-order valence-electron chi connectivity index (χ4n) is 2.22. The molecule has 0 amide bonds. The Kier molecular flexibility index (Phi) is 4.61. The van der Waals surface area contributed by atoms with Crippen LogP contribution >= 0.6 is 0 Å². The first-order valence-electron chi connectivity index (χ1n) is 7.03. The van der Waals surface area contributed by atoms with Crippen LogP contribution in [-0.4, -0.2) is 18.6 Å². The number of ether oxygens (including phenoxy) is 1. The van der Waals surface area contributed by atoms with Gasteiger partial charge in [-0.25, -0.2) is 4.98 Å². The zero-order chi connectivity index (χ0) is 13.7. The van der Waals surface area contributed by atoms with Crippen molar-refractivity contribution in [2.45, 2.75) is 33.1 Å². The van der Waals surface area contributed by atoms with Crippen molar-refractivity contribution in [3.63, 3.8) is 0 Å². The summed E-state index contributed by atoms with van der Waals surface area (Å²) < 4.78 is 5.78. The lowest BCUT2D eigenvalue weighted by molar-refractivity contribution is 0.320. The quantitative estimate of drug-likeness (QED) is 0.849. The number of hydrogen-bond acceptors (Lipinski definition) is 3. The number of aromatic nitrogens is 1. The number of fused-ring (bicyclic) bond motifs is 1. The molecule has 0 saturated heterocycles. The van der Waals surface area contributed by atoms with E-state index in [1.807, 2.05) is 19.2 Å². The summed E-state index contributed by atoms with van der Waals surface area (Å²) in [4.78, 5) is 4.73. The predicted molar refractivity (Wildman–Crippen MR) is 81.1 cm³/mol. The summed E-state index contributed by atoms with van der Waals surface area (Å²) in [7, 11) is 1.92. The second-order valence-corrected chi connectivity index (χ2v) is 4.67. The van der Waals surface area contributed by atoms with E-state index in [1.54, 1.807) is 0 Å². The fourth-order valence-corrected chi connectivity index (χ4v) is 2.22. The first-order valence-corrected chi connectivity index (χ1v) is 7.03. The van der Waals surface area contributed by atoms with Gasteiger partial charge in [-0.2, -0.15) is 0 Å². The molecule has 3 heteroatoms. The van der Waals surface area contributed by atoms with Crippen molar-refractivity contribution in [1.29, 1.82) is 0 Å². The number of anilines is 1. The summed E-state index contributed by atoms with van der Waals surface area (Å²) in [6.45, 7) is 5.02. The minimum absolute atomic E-state index is 0.729. The van der Waals surface area contributed by atoms with Gasteiger partial charge in [-0.05, 0) is 30.5 Å². The topological polar surface area (TPSA) is 34.1 Å². The highest BCUT2D eigenvalue weighted by Crippen LogP contribution is 2.28. The van der Waals surface area contributed by atoms with Crippen molar-refractivity contribution in [3.05, 3.63) is 29.8 Å². The largest absolute Gasteiger partial charge is 0.491 e. The molecule has 1 heterocycles. The molecule has 0 fully saturated rings. The summed E-state index contributed by atoms with van der Waals surface area (Å²) in [5, 5.41) is 4.34. The highest BCUT2D eigenvalue weighted by atomic mass is 16.5. The number of pyridine rings is 1. The minimum Gasteiger partial charge on any atom is -0.491 e. The van der Waals surface area contributed by atoms with Gasteiger partial charge in [0, 0.05) is 12.4 Å². The van der Waals surface area contributed by atoms with Crippen molar-refractivity contribution in [1.82, 2.24) is 4.98 Å². The van der Waals surface area contributed by atoms with Crippen LogP contribution in [0.3, 0.4) is 0 Å². The number of para-hydroxylation sites is 1. The maximum atomic E-state index is 5.78. The van der Waals surface area contributed by atoms with E-state index in [1.165, 1.54) is 5.56 Å². The zero-order valence-corrected chi connectivity index (χ0v) is 12.0. The number of hydrogen-bond donors (Lipinski definition) is 1. The van der Waals surface area contributed by atoms with Gasteiger partial charge >= 0.3 is 0 Å².